The first-order chi connectivity index (χ1) is 8.96. The van der Waals surface area contributed by atoms with Gasteiger partial charge in [0.15, 0.2) is 17.2 Å². The van der Waals surface area contributed by atoms with Crippen molar-refractivity contribution in [3.8, 4) is 18.2 Å². The molecule has 0 spiro atoms. The Kier molecular flexibility index (Phi) is 4.83. The molecule has 94 valence electrons. The summed E-state index contributed by atoms with van der Waals surface area (Å²) in [6, 6.07) is 5.27. The molecular weight excluding hydrogens is 342 g/mol. The van der Waals surface area contributed by atoms with Crippen LogP contribution in [0, 0.1) is 45.6 Å². The van der Waals surface area contributed by atoms with E-state index in [1.165, 1.54) is 12.1 Å². The second kappa shape index (κ2) is 6.15. The minimum atomic E-state index is -1.21. The molecule has 1 N–H and O–H groups in total. The Balaban J connectivity index is 3.41. The second-order valence-electron chi connectivity index (χ2n) is 3.05. The largest absolute Gasteiger partial charge is 0.343 e. The predicted molar refractivity (Wildman–Crippen MR) is 66.6 cm³/mol. The Morgan fingerprint density at radius 1 is 1.21 bits per heavy atom. The Bertz CT molecular complexity index is 679. The number of nitriles is 3. The van der Waals surface area contributed by atoms with Gasteiger partial charge in [-0.15, -0.1) is 0 Å². The average Bonchev–Trinajstić information content (AvgIpc) is 2.40. The first-order valence-corrected chi connectivity index (χ1v) is 5.68. The Morgan fingerprint density at radius 3 is 2.26 bits per heavy atom. The third-order valence-corrected chi connectivity index (χ3v) is 2.99. The molecular formula is C11H2BrClF2N4. The monoisotopic (exact) mass is 342 g/mol. The Hall–Kier alpha value is -2.14. The first-order valence-electron chi connectivity index (χ1n) is 4.50. The lowest BCUT2D eigenvalue weighted by molar-refractivity contribution is 0.505. The standard InChI is InChI=1S/C11H2BrClF2N4/c12-9-10(15)7(14)1-6(13)11(9)19-8(4-18)5(2-16)3-17/h1,19H. The highest BCUT2D eigenvalue weighted by Gasteiger charge is 2.18. The molecule has 0 aliphatic rings. The number of allylic oxidation sites excluding steroid dienone is 2. The summed E-state index contributed by atoms with van der Waals surface area (Å²) in [4.78, 5) is 0. The summed E-state index contributed by atoms with van der Waals surface area (Å²) >= 11 is 8.47. The van der Waals surface area contributed by atoms with Crippen molar-refractivity contribution in [3.05, 3.63) is 38.5 Å². The zero-order chi connectivity index (χ0) is 14.6. The summed E-state index contributed by atoms with van der Waals surface area (Å²) in [6.07, 6.45) is 0. The third kappa shape index (κ3) is 3.00. The van der Waals surface area contributed by atoms with Gasteiger partial charge in [0.05, 0.1) is 15.2 Å². The van der Waals surface area contributed by atoms with Crippen molar-refractivity contribution in [2.24, 2.45) is 0 Å². The van der Waals surface area contributed by atoms with E-state index in [0.717, 1.165) is 0 Å². The van der Waals surface area contributed by atoms with Gasteiger partial charge < -0.3 is 5.32 Å². The molecule has 0 fully saturated rings. The molecule has 8 heteroatoms. The number of benzene rings is 1. The number of halogens is 4. The van der Waals surface area contributed by atoms with Crippen molar-refractivity contribution in [1.29, 1.82) is 15.8 Å². The Labute approximate surface area is 120 Å². The molecule has 0 aromatic heterocycles. The molecule has 0 unspecified atom stereocenters. The fourth-order valence-electron chi connectivity index (χ4n) is 1.09. The molecule has 0 aliphatic carbocycles. The number of anilines is 1. The molecule has 0 amide bonds. The fraction of sp³-hybridized carbons (Fsp3) is 0. The van der Waals surface area contributed by atoms with Crippen LogP contribution in [0.4, 0.5) is 14.5 Å². The maximum Gasteiger partial charge on any atom is 0.175 e. The second-order valence-corrected chi connectivity index (χ2v) is 4.25. The van der Waals surface area contributed by atoms with E-state index in [2.05, 4.69) is 21.2 Å². The van der Waals surface area contributed by atoms with E-state index >= 15 is 0 Å². The van der Waals surface area contributed by atoms with Crippen LogP contribution in [-0.4, -0.2) is 0 Å². The maximum atomic E-state index is 13.3. The minimum absolute atomic E-state index is 0.153. The van der Waals surface area contributed by atoms with Crippen LogP contribution in [0.5, 0.6) is 0 Å². The summed E-state index contributed by atoms with van der Waals surface area (Å²) in [5.41, 5.74) is -1.08. The van der Waals surface area contributed by atoms with E-state index in [9.17, 15) is 8.78 Å². The van der Waals surface area contributed by atoms with Gasteiger partial charge in [-0.1, -0.05) is 11.6 Å². The van der Waals surface area contributed by atoms with Crippen LogP contribution in [0.1, 0.15) is 0 Å². The fourth-order valence-corrected chi connectivity index (χ4v) is 1.94. The molecule has 0 atom stereocenters. The predicted octanol–water partition coefficient (Wildman–Crippen LogP) is 3.62. The molecule has 0 aliphatic heterocycles. The number of rotatable bonds is 2. The lowest BCUT2D eigenvalue weighted by atomic mass is 10.2. The third-order valence-electron chi connectivity index (χ3n) is 1.95. The summed E-state index contributed by atoms with van der Waals surface area (Å²) < 4.78 is 26.0. The van der Waals surface area contributed by atoms with Crippen molar-refractivity contribution >= 4 is 33.2 Å². The van der Waals surface area contributed by atoms with Gasteiger partial charge in [-0.05, 0) is 22.0 Å². The smallest absolute Gasteiger partial charge is 0.175 e. The number of nitrogens with zero attached hydrogens (tertiary/aromatic N) is 3. The van der Waals surface area contributed by atoms with Gasteiger partial charge in [0.2, 0.25) is 0 Å². The number of hydrogen-bond acceptors (Lipinski definition) is 4. The van der Waals surface area contributed by atoms with Gasteiger partial charge in [-0.25, -0.2) is 8.78 Å². The highest BCUT2D eigenvalue weighted by atomic mass is 79.9. The SMILES string of the molecule is N#CC(C#N)=C(C#N)Nc1c(Cl)cc(F)c(F)c1Br. The average molecular weight is 344 g/mol. The van der Waals surface area contributed by atoms with Crippen molar-refractivity contribution in [2.75, 3.05) is 5.32 Å². The van der Waals surface area contributed by atoms with Crippen molar-refractivity contribution < 1.29 is 8.78 Å². The molecule has 4 nitrogen and oxygen atoms in total. The van der Waals surface area contributed by atoms with Crippen molar-refractivity contribution in [3.63, 3.8) is 0 Å². The van der Waals surface area contributed by atoms with Gasteiger partial charge in [0.25, 0.3) is 0 Å². The van der Waals surface area contributed by atoms with Gasteiger partial charge in [-0.3, -0.25) is 0 Å². The van der Waals surface area contributed by atoms with Crippen LogP contribution < -0.4 is 5.32 Å². The molecule has 19 heavy (non-hydrogen) atoms. The maximum absolute atomic E-state index is 13.3. The molecule has 1 aromatic carbocycles. The molecule has 0 heterocycles. The van der Waals surface area contributed by atoms with Crippen LogP contribution in [0.2, 0.25) is 5.02 Å². The van der Waals surface area contributed by atoms with Gasteiger partial charge >= 0.3 is 0 Å². The van der Waals surface area contributed by atoms with Crippen LogP contribution in [0.25, 0.3) is 0 Å². The number of nitrogens with one attached hydrogen (secondary N) is 1. The van der Waals surface area contributed by atoms with E-state index in [1.807, 2.05) is 0 Å². The first kappa shape index (κ1) is 14.9. The van der Waals surface area contributed by atoms with Gasteiger partial charge in [0, 0.05) is 0 Å². The van der Waals surface area contributed by atoms with E-state index < -0.39 is 22.9 Å². The van der Waals surface area contributed by atoms with Crippen LogP contribution in [-0.2, 0) is 0 Å². The van der Waals surface area contributed by atoms with Crippen molar-refractivity contribution in [2.45, 2.75) is 0 Å². The highest BCUT2D eigenvalue weighted by Crippen LogP contribution is 2.35. The van der Waals surface area contributed by atoms with Crippen molar-refractivity contribution in [1.82, 2.24) is 0 Å². The molecule has 0 bridgehead atoms. The highest BCUT2D eigenvalue weighted by molar-refractivity contribution is 9.10. The molecule has 0 saturated heterocycles. The van der Waals surface area contributed by atoms with Crippen LogP contribution >= 0.6 is 27.5 Å². The lowest BCUT2D eigenvalue weighted by Crippen LogP contribution is -2.04. The van der Waals surface area contributed by atoms with E-state index in [1.54, 1.807) is 6.07 Å². The van der Waals surface area contributed by atoms with Crippen LogP contribution in [0.15, 0.2) is 21.8 Å². The quantitative estimate of drug-likeness (QED) is 0.505. The molecule has 0 saturated carbocycles. The lowest BCUT2D eigenvalue weighted by Gasteiger charge is -2.10. The molecule has 1 rings (SSSR count). The van der Waals surface area contributed by atoms with E-state index in [0.29, 0.717) is 6.07 Å². The number of hydrogen-bond donors (Lipinski definition) is 1. The van der Waals surface area contributed by atoms with Gasteiger partial charge in [-0.2, -0.15) is 15.8 Å². The topological polar surface area (TPSA) is 83.4 Å². The Morgan fingerprint density at radius 2 is 1.79 bits per heavy atom. The van der Waals surface area contributed by atoms with E-state index in [-0.39, 0.29) is 15.2 Å². The summed E-state index contributed by atoms with van der Waals surface area (Å²) in [7, 11) is 0. The normalized spacial score (nSPS) is 8.89. The molecule has 0 radical (unpaired) electrons. The summed E-state index contributed by atoms with van der Waals surface area (Å²) in [5, 5.41) is 28.2. The summed E-state index contributed by atoms with van der Waals surface area (Å²) in [5.74, 6) is -2.38. The summed E-state index contributed by atoms with van der Waals surface area (Å²) in [6.45, 7) is 0. The van der Waals surface area contributed by atoms with Gasteiger partial charge in [0.1, 0.15) is 23.9 Å². The zero-order valence-electron chi connectivity index (χ0n) is 8.93. The molecule has 1 aromatic rings. The zero-order valence-corrected chi connectivity index (χ0v) is 11.3. The van der Waals surface area contributed by atoms with Crippen LogP contribution in [0.3, 0.4) is 0 Å². The van der Waals surface area contributed by atoms with E-state index in [4.69, 9.17) is 27.4 Å². The minimum Gasteiger partial charge on any atom is -0.343 e.